The zero-order chi connectivity index (χ0) is 15.9. The monoisotopic (exact) mass is 301 g/mol. The van der Waals surface area contributed by atoms with E-state index in [0.29, 0.717) is 30.8 Å². The van der Waals surface area contributed by atoms with E-state index in [4.69, 9.17) is 9.52 Å². The maximum Gasteiger partial charge on any atom is 0.303 e. The van der Waals surface area contributed by atoms with Gasteiger partial charge in [0, 0.05) is 19.5 Å². The SMILES string of the molecule is Cc1occc1C(=O)N(CCCC(=O)O)Cc1ccccc1. The third kappa shape index (κ3) is 4.22. The maximum absolute atomic E-state index is 12.6. The van der Waals surface area contributed by atoms with E-state index >= 15 is 0 Å². The number of carboxylic acid groups (broad SMARTS) is 1. The van der Waals surface area contributed by atoms with Crippen LogP contribution in [0.4, 0.5) is 0 Å². The number of rotatable bonds is 7. The standard InChI is InChI=1S/C17H19NO4/c1-13-15(9-11-22-13)17(21)18(10-5-8-16(19)20)12-14-6-3-2-4-7-14/h2-4,6-7,9,11H,5,8,10,12H2,1H3,(H,19,20). The minimum absolute atomic E-state index is 0.0446. The van der Waals surface area contributed by atoms with Gasteiger partial charge in [-0.2, -0.15) is 0 Å². The highest BCUT2D eigenvalue weighted by Crippen LogP contribution is 2.15. The van der Waals surface area contributed by atoms with Gasteiger partial charge in [0.15, 0.2) is 0 Å². The third-order valence-electron chi connectivity index (χ3n) is 3.41. The fraction of sp³-hybridized carbons (Fsp3) is 0.294. The molecule has 1 aromatic carbocycles. The molecule has 0 bridgehead atoms. The molecule has 0 radical (unpaired) electrons. The van der Waals surface area contributed by atoms with Crippen LogP contribution in [0.25, 0.3) is 0 Å². The predicted octanol–water partition coefficient (Wildman–Crippen LogP) is 3.10. The van der Waals surface area contributed by atoms with Crippen LogP contribution in [0.3, 0.4) is 0 Å². The summed E-state index contributed by atoms with van der Waals surface area (Å²) in [6, 6.07) is 11.3. The summed E-state index contributed by atoms with van der Waals surface area (Å²) in [7, 11) is 0. The fourth-order valence-electron chi connectivity index (χ4n) is 2.25. The highest BCUT2D eigenvalue weighted by molar-refractivity contribution is 5.95. The third-order valence-corrected chi connectivity index (χ3v) is 3.41. The lowest BCUT2D eigenvalue weighted by atomic mass is 10.1. The largest absolute Gasteiger partial charge is 0.481 e. The zero-order valence-corrected chi connectivity index (χ0v) is 12.5. The molecule has 2 rings (SSSR count). The molecule has 0 spiro atoms. The summed E-state index contributed by atoms with van der Waals surface area (Å²) in [6.45, 7) is 2.58. The Morgan fingerprint density at radius 3 is 2.50 bits per heavy atom. The van der Waals surface area contributed by atoms with Crippen molar-refractivity contribution in [3.8, 4) is 0 Å². The highest BCUT2D eigenvalue weighted by Gasteiger charge is 2.19. The summed E-state index contributed by atoms with van der Waals surface area (Å²) in [4.78, 5) is 25.0. The Morgan fingerprint density at radius 1 is 1.18 bits per heavy atom. The van der Waals surface area contributed by atoms with Crippen molar-refractivity contribution >= 4 is 11.9 Å². The number of nitrogens with zero attached hydrogens (tertiary/aromatic N) is 1. The van der Waals surface area contributed by atoms with E-state index in [9.17, 15) is 9.59 Å². The van der Waals surface area contributed by atoms with Crippen LogP contribution < -0.4 is 0 Å². The summed E-state index contributed by atoms with van der Waals surface area (Å²) >= 11 is 0. The molecule has 0 atom stereocenters. The molecular formula is C17H19NO4. The van der Waals surface area contributed by atoms with Gasteiger partial charge in [-0.05, 0) is 25.0 Å². The van der Waals surface area contributed by atoms with Gasteiger partial charge in [0.05, 0.1) is 11.8 Å². The molecule has 2 aromatic rings. The van der Waals surface area contributed by atoms with Gasteiger partial charge in [0.1, 0.15) is 5.76 Å². The van der Waals surface area contributed by atoms with Crippen molar-refractivity contribution < 1.29 is 19.1 Å². The molecular weight excluding hydrogens is 282 g/mol. The average Bonchev–Trinajstić information content (AvgIpc) is 2.92. The molecule has 5 nitrogen and oxygen atoms in total. The molecule has 0 aliphatic carbocycles. The summed E-state index contributed by atoms with van der Waals surface area (Å²) in [5.74, 6) is -0.423. The van der Waals surface area contributed by atoms with Gasteiger partial charge in [0.25, 0.3) is 5.91 Å². The Hall–Kier alpha value is -2.56. The van der Waals surface area contributed by atoms with Crippen LogP contribution >= 0.6 is 0 Å². The molecule has 1 amide bonds. The van der Waals surface area contributed by atoms with Crippen LogP contribution in [0.2, 0.25) is 0 Å². The van der Waals surface area contributed by atoms with Gasteiger partial charge in [-0.15, -0.1) is 0 Å². The first kappa shape index (κ1) is 15.8. The normalized spacial score (nSPS) is 10.4. The molecule has 0 aliphatic heterocycles. The number of benzene rings is 1. The highest BCUT2D eigenvalue weighted by atomic mass is 16.4. The number of aliphatic carboxylic acids is 1. The molecule has 1 heterocycles. The number of carboxylic acids is 1. The van der Waals surface area contributed by atoms with Crippen molar-refractivity contribution in [3.63, 3.8) is 0 Å². The number of hydrogen-bond donors (Lipinski definition) is 1. The second kappa shape index (κ2) is 7.45. The molecule has 0 fully saturated rings. The Balaban J connectivity index is 2.12. The van der Waals surface area contributed by atoms with Crippen LogP contribution in [-0.2, 0) is 11.3 Å². The van der Waals surface area contributed by atoms with Crippen molar-refractivity contribution in [1.29, 1.82) is 0 Å². The molecule has 0 saturated carbocycles. The lowest BCUT2D eigenvalue weighted by Crippen LogP contribution is -2.32. The van der Waals surface area contributed by atoms with Crippen molar-refractivity contribution in [1.82, 2.24) is 4.90 Å². The molecule has 1 aromatic heterocycles. The van der Waals surface area contributed by atoms with Crippen LogP contribution in [0.15, 0.2) is 47.1 Å². The summed E-state index contributed by atoms with van der Waals surface area (Å²) in [6.07, 6.45) is 1.95. The number of carbonyl (C=O) groups excluding carboxylic acids is 1. The van der Waals surface area contributed by atoms with E-state index in [1.165, 1.54) is 6.26 Å². The van der Waals surface area contributed by atoms with Gasteiger partial charge >= 0.3 is 5.97 Å². The molecule has 0 unspecified atom stereocenters. The number of furan rings is 1. The first-order chi connectivity index (χ1) is 10.6. The Labute approximate surface area is 129 Å². The number of amides is 1. The minimum atomic E-state index is -0.855. The average molecular weight is 301 g/mol. The van der Waals surface area contributed by atoms with Crippen LogP contribution in [0, 0.1) is 6.92 Å². The molecule has 0 aliphatic rings. The smallest absolute Gasteiger partial charge is 0.303 e. The minimum Gasteiger partial charge on any atom is -0.481 e. The van der Waals surface area contributed by atoms with E-state index in [1.54, 1.807) is 17.9 Å². The molecule has 0 saturated heterocycles. The van der Waals surface area contributed by atoms with E-state index in [-0.39, 0.29) is 12.3 Å². The fourth-order valence-corrected chi connectivity index (χ4v) is 2.25. The number of carbonyl (C=O) groups is 2. The predicted molar refractivity (Wildman–Crippen MR) is 81.5 cm³/mol. The van der Waals surface area contributed by atoms with Gasteiger partial charge < -0.3 is 14.4 Å². The van der Waals surface area contributed by atoms with Crippen molar-refractivity contribution in [2.75, 3.05) is 6.54 Å². The lowest BCUT2D eigenvalue weighted by molar-refractivity contribution is -0.137. The second-order valence-corrected chi connectivity index (χ2v) is 5.10. The number of aryl methyl sites for hydroxylation is 1. The Morgan fingerprint density at radius 2 is 1.91 bits per heavy atom. The Bertz CT molecular complexity index is 633. The second-order valence-electron chi connectivity index (χ2n) is 5.10. The zero-order valence-electron chi connectivity index (χ0n) is 12.5. The summed E-state index contributed by atoms with van der Waals surface area (Å²) in [5, 5.41) is 8.76. The Kier molecular flexibility index (Phi) is 5.36. The molecule has 1 N–H and O–H groups in total. The topological polar surface area (TPSA) is 70.8 Å². The van der Waals surface area contributed by atoms with Crippen molar-refractivity contribution in [3.05, 3.63) is 59.5 Å². The first-order valence-electron chi connectivity index (χ1n) is 7.17. The van der Waals surface area contributed by atoms with Crippen molar-refractivity contribution in [2.24, 2.45) is 0 Å². The molecule has 116 valence electrons. The van der Waals surface area contributed by atoms with Gasteiger partial charge in [0.2, 0.25) is 0 Å². The van der Waals surface area contributed by atoms with E-state index in [1.807, 2.05) is 30.3 Å². The van der Waals surface area contributed by atoms with Gasteiger partial charge in [-0.3, -0.25) is 9.59 Å². The van der Waals surface area contributed by atoms with Crippen molar-refractivity contribution in [2.45, 2.75) is 26.3 Å². The first-order valence-corrected chi connectivity index (χ1v) is 7.17. The maximum atomic E-state index is 12.6. The van der Waals surface area contributed by atoms with E-state index in [0.717, 1.165) is 5.56 Å². The lowest BCUT2D eigenvalue weighted by Gasteiger charge is -2.22. The number of hydrogen-bond acceptors (Lipinski definition) is 3. The van der Waals surface area contributed by atoms with E-state index < -0.39 is 5.97 Å². The quantitative estimate of drug-likeness (QED) is 0.853. The van der Waals surface area contributed by atoms with Crippen LogP contribution in [0.5, 0.6) is 0 Å². The summed E-state index contributed by atoms with van der Waals surface area (Å²) < 4.78 is 5.19. The van der Waals surface area contributed by atoms with Crippen LogP contribution in [0.1, 0.15) is 34.5 Å². The van der Waals surface area contributed by atoms with Gasteiger partial charge in [-0.1, -0.05) is 30.3 Å². The molecule has 22 heavy (non-hydrogen) atoms. The van der Waals surface area contributed by atoms with Gasteiger partial charge in [-0.25, -0.2) is 0 Å². The van der Waals surface area contributed by atoms with E-state index in [2.05, 4.69) is 0 Å². The summed E-state index contributed by atoms with van der Waals surface area (Å²) in [5.41, 5.74) is 1.53. The molecule has 5 heteroatoms. The van der Waals surface area contributed by atoms with Crippen LogP contribution in [-0.4, -0.2) is 28.4 Å².